The number of urea groups is 1. The number of hydrogen-bond acceptors (Lipinski definition) is 9. The van der Waals surface area contributed by atoms with E-state index in [0.717, 1.165) is 16.9 Å². The highest BCUT2D eigenvalue weighted by Gasteiger charge is 2.57. The molecule has 0 aliphatic carbocycles. The molecule has 0 unspecified atom stereocenters. The van der Waals surface area contributed by atoms with Gasteiger partial charge in [-0.15, -0.1) is 0 Å². The number of ether oxygens (including phenoxy) is 2. The quantitative estimate of drug-likeness (QED) is 0.359. The molecule has 4 amide bonds. The molecular formula is C28H23N5O6. The number of anilines is 1. The minimum atomic E-state index is -1.47. The van der Waals surface area contributed by atoms with Crippen molar-refractivity contribution in [2.24, 2.45) is 0 Å². The number of hydrogen-bond donors (Lipinski definition) is 2. The summed E-state index contributed by atoms with van der Waals surface area (Å²) >= 11 is 0. The van der Waals surface area contributed by atoms with Crippen LogP contribution in [0.3, 0.4) is 0 Å². The Bertz CT molecular complexity index is 1530. The molecule has 2 aliphatic rings. The molecule has 0 bridgehead atoms. The summed E-state index contributed by atoms with van der Waals surface area (Å²) in [7, 11) is 1.62. The molecule has 0 saturated carbocycles. The van der Waals surface area contributed by atoms with Gasteiger partial charge in [-0.25, -0.2) is 14.8 Å². The van der Waals surface area contributed by atoms with Crippen LogP contribution in [-0.4, -0.2) is 47.0 Å². The fourth-order valence-corrected chi connectivity index (χ4v) is 4.87. The first-order valence-corrected chi connectivity index (χ1v) is 12.2. The first kappa shape index (κ1) is 24.2. The number of barbiturate groups is 1. The molecule has 2 saturated heterocycles. The van der Waals surface area contributed by atoms with Crippen LogP contribution in [-0.2, 0) is 9.59 Å². The van der Waals surface area contributed by atoms with E-state index in [9.17, 15) is 14.4 Å². The average Bonchev–Trinajstić information content (AvgIpc) is 3.62. The van der Waals surface area contributed by atoms with Gasteiger partial charge >= 0.3 is 6.03 Å². The van der Waals surface area contributed by atoms with Crippen LogP contribution in [0, 0.1) is 0 Å². The van der Waals surface area contributed by atoms with Gasteiger partial charge in [-0.2, -0.15) is 0 Å². The summed E-state index contributed by atoms with van der Waals surface area (Å²) in [5.74, 6) is 0.886. The summed E-state index contributed by atoms with van der Waals surface area (Å²) in [6.45, 7) is 0.472. The third-order valence-corrected chi connectivity index (χ3v) is 6.83. The van der Waals surface area contributed by atoms with Crippen LogP contribution in [0.4, 0.5) is 10.5 Å². The predicted molar refractivity (Wildman–Crippen MR) is 139 cm³/mol. The Balaban J connectivity index is 1.14. The fraction of sp³-hybridized carbons (Fsp3) is 0.179. The lowest BCUT2D eigenvalue weighted by Gasteiger charge is -2.38. The minimum Gasteiger partial charge on any atom is -0.497 e. The lowest BCUT2D eigenvalue weighted by atomic mass is 9.92. The Morgan fingerprint density at radius 3 is 2.26 bits per heavy atom. The molecule has 1 spiro atoms. The molecule has 196 valence electrons. The standard InChI is InChI=1S/C28H23N5O6/c1-37-20-8-3-17(4-9-20)22-16-38-24(30-22)18-5-10-21(11-6-18)39-23-12-7-19(15-29-23)33-14-2-13-28(33)25(34)31-27(36)32-26(28)35/h3-12,15-16H,2,13-14H2,1H3,(H2,31,32,34,35,36). The molecule has 2 aromatic heterocycles. The molecule has 2 fully saturated rings. The van der Waals surface area contributed by atoms with Crippen molar-refractivity contribution in [2.75, 3.05) is 18.6 Å². The molecule has 6 rings (SSSR count). The zero-order valence-corrected chi connectivity index (χ0v) is 20.8. The number of methoxy groups -OCH3 is 1. The van der Waals surface area contributed by atoms with Crippen LogP contribution >= 0.6 is 0 Å². The molecular weight excluding hydrogens is 502 g/mol. The van der Waals surface area contributed by atoms with E-state index in [1.165, 1.54) is 0 Å². The highest BCUT2D eigenvalue weighted by atomic mass is 16.5. The van der Waals surface area contributed by atoms with Crippen LogP contribution in [0.2, 0.25) is 0 Å². The number of carbonyl (C=O) groups excluding carboxylic acids is 3. The molecule has 2 aliphatic heterocycles. The summed E-state index contributed by atoms with van der Waals surface area (Å²) in [5.41, 5.74) is 1.52. The Kier molecular flexibility index (Phi) is 5.95. The normalized spacial score (nSPS) is 16.2. The van der Waals surface area contributed by atoms with E-state index in [-0.39, 0.29) is 0 Å². The Morgan fingerprint density at radius 1 is 0.897 bits per heavy atom. The SMILES string of the molecule is COc1ccc(-c2coc(-c3ccc(Oc4ccc(N5CCCC56C(=O)NC(=O)NC6=O)cn4)cc3)n2)cc1. The first-order valence-electron chi connectivity index (χ1n) is 12.2. The molecule has 0 radical (unpaired) electrons. The predicted octanol–water partition coefficient (Wildman–Crippen LogP) is 3.91. The lowest BCUT2D eigenvalue weighted by Crippen LogP contribution is -2.71. The number of imide groups is 2. The summed E-state index contributed by atoms with van der Waals surface area (Å²) in [5, 5.41) is 4.41. The van der Waals surface area contributed by atoms with Gasteiger partial charge in [0, 0.05) is 23.7 Å². The molecule has 2 aromatic carbocycles. The maximum atomic E-state index is 12.7. The lowest BCUT2D eigenvalue weighted by molar-refractivity contribution is -0.137. The number of carbonyl (C=O) groups is 3. The number of amides is 4. The van der Waals surface area contributed by atoms with E-state index >= 15 is 0 Å². The van der Waals surface area contributed by atoms with Crippen molar-refractivity contribution < 1.29 is 28.3 Å². The van der Waals surface area contributed by atoms with Crippen molar-refractivity contribution in [1.29, 1.82) is 0 Å². The van der Waals surface area contributed by atoms with Gasteiger partial charge in [-0.05, 0) is 67.4 Å². The molecule has 0 atom stereocenters. The van der Waals surface area contributed by atoms with Gasteiger partial charge in [0.05, 0.1) is 19.0 Å². The average molecular weight is 526 g/mol. The van der Waals surface area contributed by atoms with Crippen LogP contribution in [0.15, 0.2) is 77.5 Å². The summed E-state index contributed by atoms with van der Waals surface area (Å²) in [6, 6.07) is 17.4. The van der Waals surface area contributed by atoms with Crippen molar-refractivity contribution in [2.45, 2.75) is 18.4 Å². The van der Waals surface area contributed by atoms with Crippen molar-refractivity contribution in [1.82, 2.24) is 20.6 Å². The summed E-state index contributed by atoms with van der Waals surface area (Å²) in [4.78, 5) is 47.5. The zero-order valence-electron chi connectivity index (χ0n) is 20.8. The van der Waals surface area contributed by atoms with E-state index in [4.69, 9.17) is 13.9 Å². The topological polar surface area (TPSA) is 136 Å². The zero-order chi connectivity index (χ0) is 27.0. The Hall–Kier alpha value is -5.19. The number of rotatable bonds is 6. The first-order chi connectivity index (χ1) is 19.0. The number of benzene rings is 2. The second kappa shape index (κ2) is 9.60. The van der Waals surface area contributed by atoms with Crippen molar-refractivity contribution in [3.63, 3.8) is 0 Å². The van der Waals surface area contributed by atoms with E-state index in [0.29, 0.717) is 48.3 Å². The van der Waals surface area contributed by atoms with Crippen LogP contribution < -0.4 is 25.0 Å². The monoisotopic (exact) mass is 525 g/mol. The maximum Gasteiger partial charge on any atom is 0.328 e. The number of nitrogens with zero attached hydrogens (tertiary/aromatic N) is 3. The van der Waals surface area contributed by atoms with Crippen molar-refractivity contribution >= 4 is 23.5 Å². The van der Waals surface area contributed by atoms with Crippen LogP contribution in [0.1, 0.15) is 12.8 Å². The van der Waals surface area contributed by atoms with Gasteiger partial charge in [0.1, 0.15) is 23.5 Å². The van der Waals surface area contributed by atoms with Gasteiger partial charge < -0.3 is 18.8 Å². The fourth-order valence-electron chi connectivity index (χ4n) is 4.87. The number of pyridine rings is 1. The van der Waals surface area contributed by atoms with Gasteiger partial charge in [0.25, 0.3) is 11.8 Å². The molecule has 2 N–H and O–H groups in total. The van der Waals surface area contributed by atoms with Gasteiger partial charge in [0.15, 0.2) is 5.54 Å². The number of aromatic nitrogens is 2. The molecule has 11 nitrogen and oxygen atoms in total. The van der Waals surface area contributed by atoms with E-state index in [1.54, 1.807) is 48.7 Å². The van der Waals surface area contributed by atoms with Gasteiger partial charge in [0.2, 0.25) is 11.8 Å². The third-order valence-electron chi connectivity index (χ3n) is 6.83. The largest absolute Gasteiger partial charge is 0.497 e. The highest BCUT2D eigenvalue weighted by molar-refractivity contribution is 6.24. The Morgan fingerprint density at radius 2 is 1.59 bits per heavy atom. The van der Waals surface area contributed by atoms with Crippen molar-refractivity contribution in [3.8, 4) is 40.1 Å². The van der Waals surface area contributed by atoms with E-state index < -0.39 is 23.4 Å². The van der Waals surface area contributed by atoms with E-state index in [2.05, 4.69) is 20.6 Å². The smallest absolute Gasteiger partial charge is 0.328 e. The second-order valence-electron chi connectivity index (χ2n) is 9.10. The Labute approximate surface area is 222 Å². The summed E-state index contributed by atoms with van der Waals surface area (Å²) < 4.78 is 16.8. The molecule has 4 aromatic rings. The van der Waals surface area contributed by atoms with Crippen LogP contribution in [0.5, 0.6) is 17.4 Å². The summed E-state index contributed by atoms with van der Waals surface area (Å²) in [6.07, 6.45) is 4.07. The molecule has 4 heterocycles. The highest BCUT2D eigenvalue weighted by Crippen LogP contribution is 2.36. The van der Waals surface area contributed by atoms with Gasteiger partial charge in [-0.1, -0.05) is 0 Å². The maximum absolute atomic E-state index is 12.7. The number of oxazole rings is 1. The molecule has 11 heteroatoms. The third kappa shape index (κ3) is 4.33. The van der Waals surface area contributed by atoms with Crippen LogP contribution in [0.25, 0.3) is 22.7 Å². The van der Waals surface area contributed by atoms with E-state index in [1.807, 2.05) is 36.4 Å². The molecule has 39 heavy (non-hydrogen) atoms. The van der Waals surface area contributed by atoms with Gasteiger partial charge in [-0.3, -0.25) is 20.2 Å². The second-order valence-corrected chi connectivity index (χ2v) is 9.10. The van der Waals surface area contributed by atoms with Crippen molar-refractivity contribution in [3.05, 3.63) is 73.1 Å². The number of nitrogens with one attached hydrogen (secondary N) is 2. The minimum absolute atomic E-state index is 0.300.